The summed E-state index contributed by atoms with van der Waals surface area (Å²) < 4.78 is 13.6. The van der Waals surface area contributed by atoms with Gasteiger partial charge in [-0.05, 0) is 29.8 Å². The Hall–Kier alpha value is -3.07. The van der Waals surface area contributed by atoms with E-state index in [1.807, 2.05) is 35.2 Å². The maximum Gasteiger partial charge on any atom is 0.239 e. The van der Waals surface area contributed by atoms with Crippen molar-refractivity contribution < 1.29 is 9.18 Å². The summed E-state index contributed by atoms with van der Waals surface area (Å²) in [6.45, 7) is 2.29. The van der Waals surface area contributed by atoms with Crippen LogP contribution < -0.4 is 15.5 Å². The molecule has 1 heterocycles. The van der Waals surface area contributed by atoms with E-state index in [0.29, 0.717) is 25.3 Å². The third kappa shape index (κ3) is 3.46. The Labute approximate surface area is 139 Å². The molecular formula is C18H17FN4O. The number of nitrogens with zero attached hydrogens (tertiary/aromatic N) is 2. The van der Waals surface area contributed by atoms with E-state index in [2.05, 4.69) is 10.6 Å². The molecule has 1 saturated heterocycles. The molecule has 1 aliphatic heterocycles. The van der Waals surface area contributed by atoms with Crippen LogP contribution in [0.4, 0.5) is 15.8 Å². The Kier molecular flexibility index (Phi) is 4.62. The molecule has 0 aliphatic carbocycles. The quantitative estimate of drug-likeness (QED) is 0.905. The van der Waals surface area contributed by atoms with Gasteiger partial charge in [0.25, 0.3) is 0 Å². The molecule has 2 aromatic carbocycles. The first kappa shape index (κ1) is 15.8. The van der Waals surface area contributed by atoms with Crippen LogP contribution in [0.3, 0.4) is 0 Å². The number of carbonyl (C=O) groups excluding carboxylic acids is 1. The molecule has 1 fully saturated rings. The Morgan fingerprint density at radius 2 is 2.04 bits per heavy atom. The van der Waals surface area contributed by atoms with Crippen molar-refractivity contribution in [3.63, 3.8) is 0 Å². The molecule has 122 valence electrons. The number of amides is 1. The van der Waals surface area contributed by atoms with Crippen LogP contribution in [0, 0.1) is 17.1 Å². The molecule has 0 unspecified atom stereocenters. The molecule has 0 bridgehead atoms. The van der Waals surface area contributed by atoms with Crippen LogP contribution in [0.1, 0.15) is 11.1 Å². The predicted molar refractivity (Wildman–Crippen MR) is 90.1 cm³/mol. The second-order valence-corrected chi connectivity index (χ2v) is 5.57. The molecule has 1 amide bonds. The van der Waals surface area contributed by atoms with Crippen molar-refractivity contribution >= 4 is 17.3 Å². The van der Waals surface area contributed by atoms with Gasteiger partial charge < -0.3 is 15.5 Å². The third-order valence-corrected chi connectivity index (χ3v) is 3.95. The van der Waals surface area contributed by atoms with Gasteiger partial charge in [-0.1, -0.05) is 18.2 Å². The smallest absolute Gasteiger partial charge is 0.239 e. The summed E-state index contributed by atoms with van der Waals surface area (Å²) in [6.07, 6.45) is 0. The summed E-state index contributed by atoms with van der Waals surface area (Å²) in [7, 11) is 0. The number of carbonyl (C=O) groups is 1. The van der Waals surface area contributed by atoms with E-state index in [1.165, 1.54) is 6.07 Å². The number of nitrogens with one attached hydrogen (secondary N) is 2. The first-order chi connectivity index (χ1) is 11.7. The first-order valence-electron chi connectivity index (χ1n) is 7.70. The number of rotatable bonds is 4. The fourth-order valence-electron chi connectivity index (χ4n) is 2.67. The average Bonchev–Trinajstić information content (AvgIpc) is 2.60. The molecule has 6 heteroatoms. The minimum atomic E-state index is -0.527. The van der Waals surface area contributed by atoms with Gasteiger partial charge in [-0.25, -0.2) is 4.39 Å². The fraction of sp³-hybridized carbons (Fsp3) is 0.222. The number of piperazine rings is 1. The largest absolute Gasteiger partial charge is 0.380 e. The van der Waals surface area contributed by atoms with Crippen LogP contribution in [0.5, 0.6) is 0 Å². The van der Waals surface area contributed by atoms with E-state index in [-0.39, 0.29) is 11.5 Å². The highest BCUT2D eigenvalue weighted by Gasteiger charge is 2.16. The third-order valence-electron chi connectivity index (χ3n) is 3.95. The minimum Gasteiger partial charge on any atom is -0.380 e. The number of anilines is 2. The maximum absolute atomic E-state index is 13.6. The van der Waals surface area contributed by atoms with Gasteiger partial charge in [0.1, 0.15) is 17.4 Å². The Bertz CT molecular complexity index is 783. The lowest BCUT2D eigenvalue weighted by Crippen LogP contribution is -2.47. The second kappa shape index (κ2) is 7.01. The predicted octanol–water partition coefficient (Wildman–Crippen LogP) is 2.25. The number of hydrogen-bond acceptors (Lipinski definition) is 4. The molecule has 2 N–H and O–H groups in total. The van der Waals surface area contributed by atoms with Gasteiger partial charge in [0.15, 0.2) is 0 Å². The monoisotopic (exact) mass is 324 g/mol. The Morgan fingerprint density at radius 3 is 2.75 bits per heavy atom. The molecular weight excluding hydrogens is 307 g/mol. The average molecular weight is 324 g/mol. The van der Waals surface area contributed by atoms with Crippen LogP contribution in [-0.4, -0.2) is 25.5 Å². The summed E-state index contributed by atoms with van der Waals surface area (Å²) in [6, 6.07) is 14.2. The van der Waals surface area contributed by atoms with Crippen molar-refractivity contribution in [2.24, 2.45) is 0 Å². The van der Waals surface area contributed by atoms with Gasteiger partial charge in [-0.2, -0.15) is 5.26 Å². The standard InChI is InChI=1S/C18H17FN4O/c19-16-2-1-3-17(15(16)10-20)22-11-13-4-6-14(7-5-13)23-9-8-21-18(24)12-23/h1-7,22H,8-9,11-12H2,(H,21,24). The van der Waals surface area contributed by atoms with Crippen LogP contribution in [0.25, 0.3) is 0 Å². The van der Waals surface area contributed by atoms with E-state index < -0.39 is 5.82 Å². The summed E-state index contributed by atoms with van der Waals surface area (Å²) in [5.74, 6) is -0.497. The van der Waals surface area contributed by atoms with Crippen LogP contribution in [-0.2, 0) is 11.3 Å². The number of hydrogen-bond donors (Lipinski definition) is 2. The van der Waals surface area contributed by atoms with Crippen molar-refractivity contribution in [1.82, 2.24) is 5.32 Å². The normalized spacial score (nSPS) is 14.0. The molecule has 0 atom stereocenters. The van der Waals surface area contributed by atoms with Crippen molar-refractivity contribution in [2.45, 2.75) is 6.54 Å². The lowest BCUT2D eigenvalue weighted by molar-refractivity contribution is -0.120. The topological polar surface area (TPSA) is 68.2 Å². The Morgan fingerprint density at radius 1 is 1.25 bits per heavy atom. The zero-order valence-corrected chi connectivity index (χ0v) is 13.1. The van der Waals surface area contributed by atoms with Crippen LogP contribution in [0.2, 0.25) is 0 Å². The van der Waals surface area contributed by atoms with Crippen LogP contribution >= 0.6 is 0 Å². The highest BCUT2D eigenvalue weighted by Crippen LogP contribution is 2.20. The molecule has 3 rings (SSSR count). The number of halogens is 1. The van der Waals surface area contributed by atoms with Gasteiger partial charge >= 0.3 is 0 Å². The van der Waals surface area contributed by atoms with E-state index in [1.54, 1.807) is 12.1 Å². The van der Waals surface area contributed by atoms with E-state index in [4.69, 9.17) is 5.26 Å². The molecule has 24 heavy (non-hydrogen) atoms. The van der Waals surface area contributed by atoms with Gasteiger partial charge in [0.2, 0.25) is 5.91 Å². The van der Waals surface area contributed by atoms with E-state index in [0.717, 1.165) is 17.8 Å². The first-order valence-corrected chi connectivity index (χ1v) is 7.70. The minimum absolute atomic E-state index is 0.0217. The molecule has 0 spiro atoms. The van der Waals surface area contributed by atoms with Gasteiger partial charge in [-0.3, -0.25) is 4.79 Å². The van der Waals surface area contributed by atoms with E-state index in [9.17, 15) is 9.18 Å². The lowest BCUT2D eigenvalue weighted by Gasteiger charge is -2.28. The maximum atomic E-state index is 13.6. The molecule has 1 aliphatic rings. The Balaban J connectivity index is 1.66. The molecule has 2 aromatic rings. The lowest BCUT2D eigenvalue weighted by atomic mass is 10.1. The summed E-state index contributed by atoms with van der Waals surface area (Å²) in [5, 5.41) is 14.9. The van der Waals surface area contributed by atoms with Gasteiger partial charge in [0.05, 0.1) is 12.2 Å². The molecule has 0 radical (unpaired) electrons. The summed E-state index contributed by atoms with van der Waals surface area (Å²) >= 11 is 0. The second-order valence-electron chi connectivity index (χ2n) is 5.57. The zero-order chi connectivity index (χ0) is 16.9. The zero-order valence-electron chi connectivity index (χ0n) is 13.1. The van der Waals surface area contributed by atoms with Crippen molar-refractivity contribution in [2.75, 3.05) is 29.9 Å². The highest BCUT2D eigenvalue weighted by molar-refractivity contribution is 5.82. The SMILES string of the molecule is N#Cc1c(F)cccc1NCc1ccc(N2CCNC(=O)C2)cc1. The van der Waals surface area contributed by atoms with Crippen molar-refractivity contribution in [3.05, 3.63) is 59.4 Å². The van der Waals surface area contributed by atoms with Gasteiger partial charge in [0, 0.05) is 25.3 Å². The fourth-order valence-corrected chi connectivity index (χ4v) is 2.67. The summed E-state index contributed by atoms with van der Waals surface area (Å²) in [4.78, 5) is 13.5. The highest BCUT2D eigenvalue weighted by atomic mass is 19.1. The summed E-state index contributed by atoms with van der Waals surface area (Å²) in [5.41, 5.74) is 2.51. The van der Waals surface area contributed by atoms with Gasteiger partial charge in [-0.15, -0.1) is 0 Å². The number of benzene rings is 2. The molecule has 5 nitrogen and oxygen atoms in total. The van der Waals surface area contributed by atoms with Crippen molar-refractivity contribution in [1.29, 1.82) is 5.26 Å². The van der Waals surface area contributed by atoms with Crippen LogP contribution in [0.15, 0.2) is 42.5 Å². The molecule has 0 aromatic heterocycles. The van der Waals surface area contributed by atoms with Crippen molar-refractivity contribution in [3.8, 4) is 6.07 Å². The number of nitriles is 1. The molecule has 0 saturated carbocycles. The van der Waals surface area contributed by atoms with E-state index >= 15 is 0 Å².